The number of nitrogens with two attached hydrogens (primary N) is 1. The number of nitrogens with one attached hydrogen (secondary N) is 1. The first-order valence-electron chi connectivity index (χ1n) is 5.40. The molecule has 0 saturated carbocycles. The third-order valence-electron chi connectivity index (χ3n) is 2.59. The van der Waals surface area contributed by atoms with Crippen molar-refractivity contribution in [2.24, 2.45) is 0 Å². The Morgan fingerprint density at radius 1 is 1.65 bits per heavy atom. The normalized spacial score (nSPS) is 19.0. The van der Waals surface area contributed by atoms with Crippen LogP contribution < -0.4 is 11.1 Å². The Labute approximate surface area is 104 Å². The van der Waals surface area contributed by atoms with E-state index in [4.69, 9.17) is 5.73 Å². The van der Waals surface area contributed by atoms with Crippen LogP contribution >= 0.6 is 11.8 Å². The topological polar surface area (TPSA) is 77.2 Å². The maximum atomic E-state index is 11.4. The van der Waals surface area contributed by atoms with Crippen molar-refractivity contribution in [3.05, 3.63) is 17.8 Å². The van der Waals surface area contributed by atoms with Crippen molar-refractivity contribution in [3.8, 4) is 0 Å². The van der Waals surface area contributed by atoms with Crippen LogP contribution in [-0.2, 0) is 4.74 Å². The van der Waals surface area contributed by atoms with Gasteiger partial charge in [-0.15, -0.1) is 0 Å². The number of hydrogen-bond acceptors (Lipinski definition) is 6. The predicted molar refractivity (Wildman–Crippen MR) is 69.3 cm³/mol. The number of esters is 1. The van der Waals surface area contributed by atoms with E-state index < -0.39 is 5.97 Å². The van der Waals surface area contributed by atoms with E-state index in [-0.39, 0.29) is 5.69 Å². The van der Waals surface area contributed by atoms with Crippen LogP contribution in [0.3, 0.4) is 0 Å². The first kappa shape index (κ1) is 12.0. The summed E-state index contributed by atoms with van der Waals surface area (Å²) in [5, 5.41) is 3.26. The highest BCUT2D eigenvalue weighted by Gasteiger charge is 2.18. The molecule has 17 heavy (non-hydrogen) atoms. The first-order chi connectivity index (χ1) is 8.20. The molecular formula is C11H15N3O2S. The van der Waals surface area contributed by atoms with Crippen molar-refractivity contribution in [3.63, 3.8) is 0 Å². The molecule has 2 heterocycles. The summed E-state index contributed by atoms with van der Waals surface area (Å²) in [6, 6.07) is 3.61. The molecule has 5 nitrogen and oxygen atoms in total. The zero-order chi connectivity index (χ0) is 12.3. The average molecular weight is 253 g/mol. The van der Waals surface area contributed by atoms with E-state index in [1.807, 2.05) is 11.8 Å². The average Bonchev–Trinajstić information content (AvgIpc) is 2.84. The molecule has 1 atom stereocenters. The van der Waals surface area contributed by atoms with Gasteiger partial charge < -0.3 is 15.8 Å². The fourth-order valence-corrected chi connectivity index (χ4v) is 2.80. The SMILES string of the molecule is COC(=O)c1ccc(N)c(NC2CCSC2)n1. The highest BCUT2D eigenvalue weighted by atomic mass is 32.2. The Balaban J connectivity index is 2.16. The molecule has 0 radical (unpaired) electrons. The molecule has 6 heteroatoms. The molecule has 0 aromatic carbocycles. The molecule has 0 spiro atoms. The number of aromatic nitrogens is 1. The van der Waals surface area contributed by atoms with Gasteiger partial charge in [0.05, 0.1) is 12.8 Å². The second-order valence-corrected chi connectivity index (χ2v) is 4.98. The second-order valence-electron chi connectivity index (χ2n) is 3.83. The van der Waals surface area contributed by atoms with Crippen molar-refractivity contribution >= 4 is 29.2 Å². The molecule has 92 valence electrons. The molecule has 1 saturated heterocycles. The van der Waals surface area contributed by atoms with E-state index >= 15 is 0 Å². The number of pyridine rings is 1. The molecule has 2 rings (SSSR count). The Hall–Kier alpha value is -1.43. The Kier molecular flexibility index (Phi) is 3.73. The van der Waals surface area contributed by atoms with Crippen LogP contribution in [0.15, 0.2) is 12.1 Å². The summed E-state index contributed by atoms with van der Waals surface area (Å²) in [5.41, 5.74) is 6.65. The molecular weight excluding hydrogens is 238 g/mol. The number of nitrogens with zero attached hydrogens (tertiary/aromatic N) is 1. The van der Waals surface area contributed by atoms with Gasteiger partial charge in [-0.25, -0.2) is 9.78 Å². The smallest absolute Gasteiger partial charge is 0.356 e. The lowest BCUT2D eigenvalue weighted by Gasteiger charge is -2.14. The van der Waals surface area contributed by atoms with Gasteiger partial charge in [-0.2, -0.15) is 11.8 Å². The molecule has 1 fully saturated rings. The van der Waals surface area contributed by atoms with Crippen LogP contribution in [0.25, 0.3) is 0 Å². The predicted octanol–water partition coefficient (Wildman–Crippen LogP) is 1.37. The zero-order valence-corrected chi connectivity index (χ0v) is 10.4. The van der Waals surface area contributed by atoms with Gasteiger partial charge in [0.25, 0.3) is 0 Å². The van der Waals surface area contributed by atoms with Gasteiger partial charge in [0.15, 0.2) is 5.69 Å². The van der Waals surface area contributed by atoms with Gasteiger partial charge >= 0.3 is 5.97 Å². The lowest BCUT2D eigenvalue weighted by molar-refractivity contribution is 0.0594. The summed E-state index contributed by atoms with van der Waals surface area (Å²) in [6.07, 6.45) is 1.09. The molecule has 1 aliphatic heterocycles. The highest BCUT2D eigenvalue weighted by molar-refractivity contribution is 7.99. The molecule has 1 aromatic rings. The number of ether oxygens (including phenoxy) is 1. The van der Waals surface area contributed by atoms with Gasteiger partial charge in [0.1, 0.15) is 5.82 Å². The lowest BCUT2D eigenvalue weighted by atomic mass is 10.2. The van der Waals surface area contributed by atoms with Gasteiger partial charge in [0.2, 0.25) is 0 Å². The minimum atomic E-state index is -0.450. The largest absolute Gasteiger partial charge is 0.464 e. The summed E-state index contributed by atoms with van der Waals surface area (Å²) in [7, 11) is 1.33. The number of nitrogen functional groups attached to an aromatic ring is 1. The quantitative estimate of drug-likeness (QED) is 0.792. The van der Waals surface area contributed by atoms with E-state index in [0.717, 1.165) is 17.9 Å². The van der Waals surface area contributed by atoms with Crippen molar-refractivity contribution in [2.45, 2.75) is 12.5 Å². The fourth-order valence-electron chi connectivity index (χ4n) is 1.65. The standard InChI is InChI=1S/C11H15N3O2S/c1-16-11(15)9-3-2-8(12)10(14-9)13-7-4-5-17-6-7/h2-3,7H,4-6,12H2,1H3,(H,13,14). The summed E-state index contributed by atoms with van der Waals surface area (Å²) < 4.78 is 4.63. The molecule has 1 aromatic heterocycles. The Morgan fingerprint density at radius 2 is 2.47 bits per heavy atom. The number of hydrogen-bond donors (Lipinski definition) is 2. The van der Waals surface area contributed by atoms with Crippen LogP contribution in [0.1, 0.15) is 16.9 Å². The Morgan fingerprint density at radius 3 is 3.12 bits per heavy atom. The number of thioether (sulfide) groups is 1. The van der Waals surface area contributed by atoms with E-state index in [1.165, 1.54) is 7.11 Å². The van der Waals surface area contributed by atoms with Crippen LogP contribution in [-0.4, -0.2) is 35.6 Å². The van der Waals surface area contributed by atoms with E-state index in [9.17, 15) is 4.79 Å². The molecule has 0 bridgehead atoms. The monoisotopic (exact) mass is 253 g/mol. The molecule has 3 N–H and O–H groups in total. The van der Waals surface area contributed by atoms with Crippen molar-refractivity contribution in [1.82, 2.24) is 4.98 Å². The zero-order valence-electron chi connectivity index (χ0n) is 9.60. The van der Waals surface area contributed by atoms with Crippen molar-refractivity contribution < 1.29 is 9.53 Å². The third kappa shape index (κ3) is 2.82. The number of carbonyl (C=O) groups is 1. The summed E-state index contributed by atoms with van der Waals surface area (Å²) in [6.45, 7) is 0. The van der Waals surface area contributed by atoms with Gasteiger partial charge in [0, 0.05) is 11.8 Å². The lowest BCUT2D eigenvalue weighted by Crippen LogP contribution is -2.20. The molecule has 1 unspecified atom stereocenters. The summed E-state index contributed by atoms with van der Waals surface area (Å²) in [4.78, 5) is 15.5. The van der Waals surface area contributed by atoms with Crippen LogP contribution in [0.2, 0.25) is 0 Å². The van der Waals surface area contributed by atoms with Gasteiger partial charge in [-0.05, 0) is 24.3 Å². The first-order valence-corrected chi connectivity index (χ1v) is 6.55. The maximum absolute atomic E-state index is 11.4. The van der Waals surface area contributed by atoms with Crippen molar-refractivity contribution in [1.29, 1.82) is 0 Å². The fraction of sp³-hybridized carbons (Fsp3) is 0.455. The maximum Gasteiger partial charge on any atom is 0.356 e. The molecule has 0 aliphatic carbocycles. The van der Waals surface area contributed by atoms with Gasteiger partial charge in [-0.3, -0.25) is 0 Å². The number of methoxy groups -OCH3 is 1. The third-order valence-corrected chi connectivity index (χ3v) is 3.75. The van der Waals surface area contributed by atoms with Crippen molar-refractivity contribution in [2.75, 3.05) is 29.7 Å². The van der Waals surface area contributed by atoms with Gasteiger partial charge in [-0.1, -0.05) is 0 Å². The number of rotatable bonds is 3. The van der Waals surface area contributed by atoms with E-state index in [0.29, 0.717) is 17.5 Å². The summed E-state index contributed by atoms with van der Waals surface area (Å²) in [5.74, 6) is 2.31. The summed E-state index contributed by atoms with van der Waals surface area (Å²) >= 11 is 1.90. The minimum Gasteiger partial charge on any atom is -0.464 e. The van der Waals surface area contributed by atoms with Crippen LogP contribution in [0.4, 0.5) is 11.5 Å². The second kappa shape index (κ2) is 5.27. The van der Waals surface area contributed by atoms with Crippen LogP contribution in [0, 0.1) is 0 Å². The Bertz CT molecular complexity index is 419. The minimum absolute atomic E-state index is 0.273. The number of anilines is 2. The molecule has 0 amide bonds. The number of carbonyl (C=O) groups excluding carboxylic acids is 1. The highest BCUT2D eigenvalue weighted by Crippen LogP contribution is 2.23. The van der Waals surface area contributed by atoms with E-state index in [2.05, 4.69) is 15.0 Å². The molecule has 1 aliphatic rings. The van der Waals surface area contributed by atoms with Crippen LogP contribution in [0.5, 0.6) is 0 Å². The van der Waals surface area contributed by atoms with E-state index in [1.54, 1.807) is 12.1 Å².